The van der Waals surface area contributed by atoms with Crippen molar-refractivity contribution in [3.63, 3.8) is 0 Å². The van der Waals surface area contributed by atoms with E-state index in [-0.39, 0.29) is 13.0 Å². The molecule has 136 valence electrons. The van der Waals surface area contributed by atoms with Crippen molar-refractivity contribution in [2.24, 2.45) is 5.41 Å². The number of nitrogens with zero attached hydrogens (tertiary/aromatic N) is 3. The van der Waals surface area contributed by atoms with Crippen LogP contribution in [0.1, 0.15) is 45.9 Å². The SMILES string of the molecule is CCC(F)(F)C(C)(C)CNc1ccc(-c2nnc3n2CCCC3)cc1. The summed E-state index contributed by atoms with van der Waals surface area (Å²) in [5.41, 5.74) is 0.735. The van der Waals surface area contributed by atoms with Gasteiger partial charge in [-0.05, 0) is 37.1 Å². The minimum atomic E-state index is -2.69. The Morgan fingerprint density at radius 2 is 1.84 bits per heavy atom. The molecule has 2 heterocycles. The average molecular weight is 348 g/mol. The summed E-state index contributed by atoms with van der Waals surface area (Å²) < 4.78 is 30.1. The highest BCUT2D eigenvalue weighted by Crippen LogP contribution is 2.39. The van der Waals surface area contributed by atoms with E-state index in [1.54, 1.807) is 13.8 Å². The maximum Gasteiger partial charge on any atom is 0.254 e. The summed E-state index contributed by atoms with van der Waals surface area (Å²) in [6.45, 7) is 5.89. The molecular formula is C19H26F2N4. The van der Waals surface area contributed by atoms with E-state index in [0.29, 0.717) is 0 Å². The number of rotatable bonds is 6. The number of aryl methyl sites for hydroxylation is 1. The number of alkyl halides is 2. The summed E-state index contributed by atoms with van der Waals surface area (Å²) in [5.74, 6) is -0.758. The molecule has 1 aliphatic heterocycles. The van der Waals surface area contributed by atoms with Crippen LogP contribution in [-0.4, -0.2) is 27.2 Å². The van der Waals surface area contributed by atoms with E-state index in [1.165, 1.54) is 13.3 Å². The van der Waals surface area contributed by atoms with Crippen LogP contribution in [-0.2, 0) is 13.0 Å². The van der Waals surface area contributed by atoms with Crippen LogP contribution < -0.4 is 5.32 Å². The third kappa shape index (κ3) is 3.53. The van der Waals surface area contributed by atoms with Gasteiger partial charge < -0.3 is 9.88 Å². The zero-order valence-electron chi connectivity index (χ0n) is 15.1. The Labute approximate surface area is 147 Å². The van der Waals surface area contributed by atoms with Crippen molar-refractivity contribution in [3.8, 4) is 11.4 Å². The van der Waals surface area contributed by atoms with E-state index < -0.39 is 11.3 Å². The molecule has 0 fully saturated rings. The molecule has 0 unspecified atom stereocenters. The summed E-state index contributed by atoms with van der Waals surface area (Å²) in [5, 5.41) is 11.7. The number of aromatic nitrogens is 3. The average Bonchev–Trinajstić information content (AvgIpc) is 3.04. The van der Waals surface area contributed by atoms with Crippen LogP contribution in [0.5, 0.6) is 0 Å². The second-order valence-electron chi connectivity index (χ2n) is 7.42. The van der Waals surface area contributed by atoms with Gasteiger partial charge >= 0.3 is 0 Å². The number of fused-ring (bicyclic) bond motifs is 1. The molecule has 1 aromatic carbocycles. The smallest absolute Gasteiger partial charge is 0.254 e. The molecule has 0 bridgehead atoms. The van der Waals surface area contributed by atoms with Crippen molar-refractivity contribution in [2.75, 3.05) is 11.9 Å². The lowest BCUT2D eigenvalue weighted by Crippen LogP contribution is -2.41. The van der Waals surface area contributed by atoms with E-state index in [4.69, 9.17) is 0 Å². The summed E-state index contributed by atoms with van der Waals surface area (Å²) in [6, 6.07) is 7.78. The Bertz CT molecular complexity index is 720. The van der Waals surface area contributed by atoms with Gasteiger partial charge in [0.05, 0.1) is 0 Å². The first-order chi connectivity index (χ1) is 11.8. The third-order valence-electron chi connectivity index (χ3n) is 5.17. The van der Waals surface area contributed by atoms with E-state index in [0.717, 1.165) is 42.3 Å². The van der Waals surface area contributed by atoms with Crippen molar-refractivity contribution >= 4 is 5.69 Å². The van der Waals surface area contributed by atoms with E-state index in [9.17, 15) is 8.78 Å². The van der Waals surface area contributed by atoms with Gasteiger partial charge in [0.2, 0.25) is 0 Å². The maximum atomic E-state index is 14.0. The number of anilines is 1. The molecule has 0 aliphatic carbocycles. The fourth-order valence-corrected chi connectivity index (χ4v) is 3.19. The topological polar surface area (TPSA) is 42.7 Å². The van der Waals surface area contributed by atoms with Crippen LogP contribution in [0, 0.1) is 5.41 Å². The van der Waals surface area contributed by atoms with Crippen molar-refractivity contribution in [3.05, 3.63) is 30.1 Å². The molecule has 0 spiro atoms. The second-order valence-corrected chi connectivity index (χ2v) is 7.42. The van der Waals surface area contributed by atoms with Crippen LogP contribution in [0.2, 0.25) is 0 Å². The van der Waals surface area contributed by atoms with Crippen LogP contribution >= 0.6 is 0 Å². The predicted molar refractivity (Wildman–Crippen MR) is 95.9 cm³/mol. The molecule has 2 aromatic rings. The highest BCUT2D eigenvalue weighted by atomic mass is 19.3. The van der Waals surface area contributed by atoms with E-state index in [2.05, 4.69) is 20.1 Å². The van der Waals surface area contributed by atoms with Gasteiger partial charge in [0.1, 0.15) is 5.82 Å². The lowest BCUT2D eigenvalue weighted by atomic mass is 9.84. The van der Waals surface area contributed by atoms with Crippen molar-refractivity contribution in [1.29, 1.82) is 0 Å². The Hall–Kier alpha value is -1.98. The monoisotopic (exact) mass is 348 g/mol. The van der Waals surface area contributed by atoms with Crippen molar-refractivity contribution in [1.82, 2.24) is 14.8 Å². The van der Waals surface area contributed by atoms with Crippen molar-refractivity contribution < 1.29 is 8.78 Å². The number of nitrogens with one attached hydrogen (secondary N) is 1. The molecule has 0 saturated heterocycles. The lowest BCUT2D eigenvalue weighted by molar-refractivity contribution is -0.101. The van der Waals surface area contributed by atoms with Gasteiger partial charge in [0.25, 0.3) is 5.92 Å². The van der Waals surface area contributed by atoms with Gasteiger partial charge in [-0.3, -0.25) is 0 Å². The van der Waals surface area contributed by atoms with Gasteiger partial charge in [-0.2, -0.15) is 0 Å². The van der Waals surface area contributed by atoms with E-state index >= 15 is 0 Å². The second kappa shape index (κ2) is 6.73. The van der Waals surface area contributed by atoms with Crippen LogP contribution in [0.15, 0.2) is 24.3 Å². The van der Waals surface area contributed by atoms with Gasteiger partial charge in [0.15, 0.2) is 5.82 Å². The van der Waals surface area contributed by atoms with Crippen LogP contribution in [0.3, 0.4) is 0 Å². The maximum absolute atomic E-state index is 14.0. The first-order valence-corrected chi connectivity index (χ1v) is 8.98. The molecular weight excluding hydrogens is 322 g/mol. The minimum Gasteiger partial charge on any atom is -0.384 e. The van der Waals surface area contributed by atoms with Gasteiger partial charge in [-0.25, -0.2) is 8.78 Å². The Kier molecular flexibility index (Phi) is 4.80. The first kappa shape index (κ1) is 17.8. The Balaban J connectivity index is 1.70. The molecule has 1 aromatic heterocycles. The zero-order valence-corrected chi connectivity index (χ0v) is 15.1. The number of benzene rings is 1. The molecule has 6 heteroatoms. The largest absolute Gasteiger partial charge is 0.384 e. The molecule has 0 radical (unpaired) electrons. The van der Waals surface area contributed by atoms with E-state index in [1.807, 2.05) is 24.3 Å². The minimum absolute atomic E-state index is 0.154. The lowest BCUT2D eigenvalue weighted by Gasteiger charge is -2.33. The molecule has 1 aliphatic rings. The fourth-order valence-electron chi connectivity index (χ4n) is 3.19. The normalized spacial score (nSPS) is 15.1. The van der Waals surface area contributed by atoms with Gasteiger partial charge in [-0.15, -0.1) is 10.2 Å². The molecule has 0 atom stereocenters. The number of hydrogen-bond donors (Lipinski definition) is 1. The summed E-state index contributed by atoms with van der Waals surface area (Å²) >= 11 is 0. The number of hydrogen-bond acceptors (Lipinski definition) is 3. The summed E-state index contributed by atoms with van der Waals surface area (Å²) in [7, 11) is 0. The number of halogens is 2. The fraction of sp³-hybridized carbons (Fsp3) is 0.579. The third-order valence-corrected chi connectivity index (χ3v) is 5.17. The van der Waals surface area contributed by atoms with Gasteiger partial charge in [-0.1, -0.05) is 20.8 Å². The molecule has 1 N–H and O–H groups in total. The quantitative estimate of drug-likeness (QED) is 0.818. The molecule has 3 rings (SSSR count). The Morgan fingerprint density at radius 3 is 2.52 bits per heavy atom. The molecule has 25 heavy (non-hydrogen) atoms. The van der Waals surface area contributed by atoms with Crippen LogP contribution in [0.4, 0.5) is 14.5 Å². The highest BCUT2D eigenvalue weighted by molar-refractivity contribution is 5.60. The highest BCUT2D eigenvalue weighted by Gasteiger charge is 2.44. The molecule has 4 nitrogen and oxygen atoms in total. The predicted octanol–water partition coefficient (Wildman–Crippen LogP) is 4.76. The molecule has 0 amide bonds. The standard InChI is InChI=1S/C19H26F2N4/c1-4-19(20,21)18(2,3)13-22-15-10-8-14(9-11-15)17-24-23-16-7-5-6-12-25(16)17/h8-11,22H,4-7,12-13H2,1-3H3. The zero-order chi connectivity index (χ0) is 18.1. The molecule has 0 saturated carbocycles. The summed E-state index contributed by atoms with van der Waals surface area (Å²) in [6.07, 6.45) is 3.14. The summed E-state index contributed by atoms with van der Waals surface area (Å²) in [4.78, 5) is 0. The van der Waals surface area contributed by atoms with Crippen molar-refractivity contribution in [2.45, 2.75) is 58.9 Å². The Morgan fingerprint density at radius 1 is 1.12 bits per heavy atom. The van der Waals surface area contributed by atoms with Gasteiger partial charge in [0, 0.05) is 42.6 Å². The van der Waals surface area contributed by atoms with Crippen LogP contribution in [0.25, 0.3) is 11.4 Å². The first-order valence-electron chi connectivity index (χ1n) is 8.98.